The van der Waals surface area contributed by atoms with Crippen molar-refractivity contribution in [3.05, 3.63) is 41.7 Å². The number of carbonyl (C=O) groups is 1. The maximum atomic E-state index is 12.6. The van der Waals surface area contributed by atoms with Crippen LogP contribution in [0.1, 0.15) is 16.1 Å². The first-order chi connectivity index (χ1) is 11.1. The van der Waals surface area contributed by atoms with E-state index < -0.39 is 0 Å². The van der Waals surface area contributed by atoms with Crippen LogP contribution in [0.15, 0.2) is 30.5 Å². The summed E-state index contributed by atoms with van der Waals surface area (Å²) in [5, 5.41) is 4.28. The molecule has 1 saturated heterocycles. The normalized spacial score (nSPS) is 14.9. The Morgan fingerprint density at radius 2 is 1.96 bits per heavy atom. The number of ether oxygens (including phenoxy) is 1. The van der Waals surface area contributed by atoms with Gasteiger partial charge in [0, 0.05) is 56.7 Å². The van der Waals surface area contributed by atoms with E-state index in [4.69, 9.17) is 4.74 Å². The number of carbonyl (C=O) groups excluding carboxylic acids is 1. The van der Waals surface area contributed by atoms with Crippen LogP contribution in [0.5, 0.6) is 5.75 Å². The van der Waals surface area contributed by atoms with Gasteiger partial charge in [0.05, 0.1) is 7.11 Å². The van der Waals surface area contributed by atoms with Gasteiger partial charge in [0.25, 0.3) is 5.91 Å². The second-order valence-corrected chi connectivity index (χ2v) is 5.82. The average Bonchev–Trinajstić information content (AvgIpc) is 2.93. The molecule has 0 spiro atoms. The van der Waals surface area contributed by atoms with Crippen molar-refractivity contribution in [2.24, 2.45) is 7.05 Å². The first-order valence-electron chi connectivity index (χ1n) is 7.77. The molecule has 3 rings (SSSR count). The molecule has 0 atom stereocenters. The highest BCUT2D eigenvalue weighted by Crippen LogP contribution is 2.22. The number of methoxy groups -OCH3 is 1. The van der Waals surface area contributed by atoms with E-state index in [1.54, 1.807) is 11.8 Å². The number of aryl methyl sites for hydroxylation is 2. The van der Waals surface area contributed by atoms with E-state index in [-0.39, 0.29) is 5.91 Å². The fraction of sp³-hybridized carbons (Fsp3) is 0.412. The van der Waals surface area contributed by atoms with E-state index in [9.17, 15) is 4.79 Å². The number of benzene rings is 1. The minimum atomic E-state index is 0.0217. The number of amides is 1. The second kappa shape index (κ2) is 6.32. The molecule has 1 aliphatic rings. The first kappa shape index (κ1) is 15.4. The van der Waals surface area contributed by atoms with Crippen LogP contribution < -0.4 is 9.64 Å². The van der Waals surface area contributed by atoms with Crippen molar-refractivity contribution < 1.29 is 9.53 Å². The largest absolute Gasteiger partial charge is 0.497 e. The summed E-state index contributed by atoms with van der Waals surface area (Å²) < 4.78 is 6.97. The summed E-state index contributed by atoms with van der Waals surface area (Å²) in [6.45, 7) is 4.94. The molecule has 2 heterocycles. The monoisotopic (exact) mass is 314 g/mol. The standard InChI is InChI=1S/C17H22N4O2/c1-13-12-19(2)18-16(13)17(22)21-9-7-20(8-10-21)14-5-4-6-15(11-14)23-3/h4-6,11-12H,7-10H2,1-3H3. The summed E-state index contributed by atoms with van der Waals surface area (Å²) in [6.07, 6.45) is 1.87. The summed E-state index contributed by atoms with van der Waals surface area (Å²) in [6, 6.07) is 8.03. The van der Waals surface area contributed by atoms with E-state index in [0.717, 1.165) is 30.1 Å². The Labute approximate surface area is 136 Å². The van der Waals surface area contributed by atoms with Gasteiger partial charge in [-0.25, -0.2) is 0 Å². The Morgan fingerprint density at radius 1 is 1.22 bits per heavy atom. The zero-order valence-corrected chi connectivity index (χ0v) is 13.8. The van der Waals surface area contributed by atoms with Crippen LogP contribution in [0.2, 0.25) is 0 Å². The molecule has 1 aromatic carbocycles. The highest BCUT2D eigenvalue weighted by atomic mass is 16.5. The maximum Gasteiger partial charge on any atom is 0.274 e. The predicted molar refractivity (Wildman–Crippen MR) is 89.1 cm³/mol. The molecular formula is C17H22N4O2. The fourth-order valence-electron chi connectivity index (χ4n) is 2.94. The number of hydrogen-bond donors (Lipinski definition) is 0. The van der Waals surface area contributed by atoms with Crippen molar-refractivity contribution in [1.29, 1.82) is 0 Å². The molecule has 0 unspecified atom stereocenters. The van der Waals surface area contributed by atoms with E-state index in [2.05, 4.69) is 16.1 Å². The molecule has 6 nitrogen and oxygen atoms in total. The third-order valence-corrected chi connectivity index (χ3v) is 4.20. The van der Waals surface area contributed by atoms with E-state index in [1.165, 1.54) is 0 Å². The number of anilines is 1. The molecule has 122 valence electrons. The van der Waals surface area contributed by atoms with Crippen molar-refractivity contribution in [1.82, 2.24) is 14.7 Å². The van der Waals surface area contributed by atoms with Gasteiger partial charge in [-0.15, -0.1) is 0 Å². The van der Waals surface area contributed by atoms with E-state index in [1.807, 2.05) is 43.3 Å². The average molecular weight is 314 g/mol. The zero-order chi connectivity index (χ0) is 16.4. The van der Waals surface area contributed by atoms with Crippen molar-refractivity contribution >= 4 is 11.6 Å². The highest BCUT2D eigenvalue weighted by molar-refractivity contribution is 5.93. The van der Waals surface area contributed by atoms with Gasteiger partial charge in [-0.3, -0.25) is 9.48 Å². The van der Waals surface area contributed by atoms with Crippen LogP contribution >= 0.6 is 0 Å². The van der Waals surface area contributed by atoms with Crippen LogP contribution in [-0.2, 0) is 7.05 Å². The summed E-state index contributed by atoms with van der Waals surface area (Å²) >= 11 is 0. The molecule has 1 aliphatic heterocycles. The fourth-order valence-corrected chi connectivity index (χ4v) is 2.94. The summed E-state index contributed by atoms with van der Waals surface area (Å²) in [5.41, 5.74) is 2.61. The predicted octanol–water partition coefficient (Wildman–Crippen LogP) is 1.70. The molecule has 1 fully saturated rings. The number of piperazine rings is 1. The van der Waals surface area contributed by atoms with Crippen LogP contribution in [0.4, 0.5) is 5.69 Å². The molecule has 23 heavy (non-hydrogen) atoms. The van der Waals surface area contributed by atoms with Crippen molar-refractivity contribution in [3.63, 3.8) is 0 Å². The van der Waals surface area contributed by atoms with Crippen molar-refractivity contribution in [2.75, 3.05) is 38.2 Å². The quantitative estimate of drug-likeness (QED) is 0.865. The summed E-state index contributed by atoms with van der Waals surface area (Å²) in [7, 11) is 3.51. The van der Waals surface area contributed by atoms with Crippen LogP contribution in [0.3, 0.4) is 0 Å². The Morgan fingerprint density at radius 3 is 2.57 bits per heavy atom. The van der Waals surface area contributed by atoms with Crippen LogP contribution in [0, 0.1) is 6.92 Å². The minimum absolute atomic E-state index is 0.0217. The van der Waals surface area contributed by atoms with Gasteiger partial charge in [-0.05, 0) is 19.1 Å². The summed E-state index contributed by atoms with van der Waals surface area (Å²) in [4.78, 5) is 16.7. The molecule has 0 radical (unpaired) electrons. The smallest absolute Gasteiger partial charge is 0.274 e. The van der Waals surface area contributed by atoms with Gasteiger partial charge in [0.15, 0.2) is 5.69 Å². The van der Waals surface area contributed by atoms with Gasteiger partial charge < -0.3 is 14.5 Å². The molecule has 0 saturated carbocycles. The molecule has 0 aliphatic carbocycles. The molecule has 1 amide bonds. The lowest BCUT2D eigenvalue weighted by molar-refractivity contribution is 0.0739. The Bertz CT molecular complexity index is 702. The lowest BCUT2D eigenvalue weighted by atomic mass is 10.2. The number of hydrogen-bond acceptors (Lipinski definition) is 4. The Balaban J connectivity index is 1.66. The van der Waals surface area contributed by atoms with Gasteiger partial charge >= 0.3 is 0 Å². The molecule has 0 bridgehead atoms. The topological polar surface area (TPSA) is 50.6 Å². The SMILES string of the molecule is COc1cccc(N2CCN(C(=O)c3nn(C)cc3C)CC2)c1. The number of aromatic nitrogens is 2. The first-order valence-corrected chi connectivity index (χ1v) is 7.77. The number of rotatable bonds is 3. The number of nitrogens with zero attached hydrogens (tertiary/aromatic N) is 4. The molecule has 0 N–H and O–H groups in total. The third-order valence-electron chi connectivity index (χ3n) is 4.20. The van der Waals surface area contributed by atoms with Crippen LogP contribution in [0.25, 0.3) is 0 Å². The highest BCUT2D eigenvalue weighted by Gasteiger charge is 2.25. The molecule has 2 aromatic rings. The zero-order valence-electron chi connectivity index (χ0n) is 13.8. The molecule has 6 heteroatoms. The lowest BCUT2D eigenvalue weighted by Crippen LogP contribution is -2.49. The van der Waals surface area contributed by atoms with E-state index >= 15 is 0 Å². The van der Waals surface area contributed by atoms with Crippen molar-refractivity contribution in [2.45, 2.75) is 6.92 Å². The van der Waals surface area contributed by atoms with Gasteiger partial charge in [0.1, 0.15) is 5.75 Å². The van der Waals surface area contributed by atoms with Gasteiger partial charge in [0.2, 0.25) is 0 Å². The van der Waals surface area contributed by atoms with Crippen LogP contribution in [-0.4, -0.2) is 53.9 Å². The maximum absolute atomic E-state index is 12.6. The molecule has 1 aromatic heterocycles. The Kier molecular flexibility index (Phi) is 4.23. The lowest BCUT2D eigenvalue weighted by Gasteiger charge is -2.36. The molecular weight excluding hydrogens is 292 g/mol. The van der Waals surface area contributed by atoms with Crippen molar-refractivity contribution in [3.8, 4) is 5.75 Å². The van der Waals surface area contributed by atoms with Gasteiger partial charge in [-0.2, -0.15) is 5.10 Å². The second-order valence-electron chi connectivity index (χ2n) is 5.82. The van der Waals surface area contributed by atoms with E-state index in [0.29, 0.717) is 18.8 Å². The minimum Gasteiger partial charge on any atom is -0.497 e. The Hall–Kier alpha value is -2.50. The van der Waals surface area contributed by atoms with Gasteiger partial charge in [-0.1, -0.05) is 6.07 Å². The summed E-state index contributed by atoms with van der Waals surface area (Å²) in [5.74, 6) is 0.874. The third kappa shape index (κ3) is 3.16.